The number of ether oxygens (including phenoxy) is 1. The van der Waals surface area contributed by atoms with Crippen LogP contribution in [0.5, 0.6) is 6.01 Å². The van der Waals surface area contributed by atoms with Gasteiger partial charge in [-0.1, -0.05) is 6.92 Å². The fourth-order valence-electron chi connectivity index (χ4n) is 2.22. The second-order valence-corrected chi connectivity index (χ2v) is 5.72. The van der Waals surface area contributed by atoms with Gasteiger partial charge in [0.1, 0.15) is 0 Å². The molecule has 0 aromatic carbocycles. The van der Waals surface area contributed by atoms with Gasteiger partial charge in [-0.15, -0.1) is 0 Å². The third-order valence-corrected chi connectivity index (χ3v) is 3.48. The van der Waals surface area contributed by atoms with Crippen molar-refractivity contribution in [1.29, 1.82) is 0 Å². The normalized spacial score (nSPS) is 22.5. The van der Waals surface area contributed by atoms with E-state index in [1.807, 2.05) is 25.7 Å². The molecule has 0 radical (unpaired) electrons. The van der Waals surface area contributed by atoms with Crippen LogP contribution in [-0.2, 0) is 0 Å². The molecule has 2 N–H and O–H groups in total. The van der Waals surface area contributed by atoms with Gasteiger partial charge in [0.2, 0.25) is 11.9 Å². The number of aliphatic hydroxyl groups is 1. The van der Waals surface area contributed by atoms with Crippen molar-refractivity contribution in [3.63, 3.8) is 0 Å². The maximum Gasteiger partial charge on any atom is 0.323 e. The van der Waals surface area contributed by atoms with E-state index < -0.39 is 0 Å². The molecule has 2 rings (SSSR count). The Labute approximate surface area is 125 Å². The van der Waals surface area contributed by atoms with Crippen molar-refractivity contribution in [2.75, 3.05) is 29.9 Å². The number of hydrogen-bond donors (Lipinski definition) is 2. The predicted octanol–water partition coefficient (Wildman–Crippen LogP) is 1.30. The Hall–Kier alpha value is -1.63. The van der Waals surface area contributed by atoms with Crippen molar-refractivity contribution in [3.05, 3.63) is 0 Å². The molecule has 0 bridgehead atoms. The molecule has 2 atom stereocenters. The highest BCUT2D eigenvalue weighted by Crippen LogP contribution is 2.23. The second kappa shape index (κ2) is 6.89. The summed E-state index contributed by atoms with van der Waals surface area (Å²) < 4.78 is 5.59. The summed E-state index contributed by atoms with van der Waals surface area (Å²) in [4.78, 5) is 15.0. The summed E-state index contributed by atoms with van der Waals surface area (Å²) in [5.41, 5.74) is 0. The Morgan fingerprint density at radius 1 is 1.38 bits per heavy atom. The average Bonchev–Trinajstić information content (AvgIpc) is 2.41. The van der Waals surface area contributed by atoms with Crippen molar-refractivity contribution in [3.8, 4) is 6.01 Å². The van der Waals surface area contributed by atoms with Gasteiger partial charge in [0.15, 0.2) is 0 Å². The molecule has 2 heterocycles. The van der Waals surface area contributed by atoms with E-state index in [2.05, 4.69) is 27.2 Å². The number of rotatable bonds is 5. The van der Waals surface area contributed by atoms with Crippen LogP contribution in [-0.4, -0.2) is 51.9 Å². The fourth-order valence-corrected chi connectivity index (χ4v) is 2.22. The molecule has 1 fully saturated rings. The number of piperidine rings is 1. The van der Waals surface area contributed by atoms with Crippen molar-refractivity contribution >= 4 is 11.9 Å². The van der Waals surface area contributed by atoms with E-state index >= 15 is 0 Å². The summed E-state index contributed by atoms with van der Waals surface area (Å²) in [6, 6.07) is 0.319. The largest absolute Gasteiger partial charge is 0.461 e. The van der Waals surface area contributed by atoms with E-state index in [1.165, 1.54) is 0 Å². The van der Waals surface area contributed by atoms with Crippen LogP contribution in [0, 0.1) is 5.92 Å². The lowest BCUT2D eigenvalue weighted by Crippen LogP contribution is -2.43. The van der Waals surface area contributed by atoms with Crippen LogP contribution in [0.25, 0.3) is 0 Å². The molecule has 7 nitrogen and oxygen atoms in total. The van der Waals surface area contributed by atoms with Crippen molar-refractivity contribution < 1.29 is 9.84 Å². The quantitative estimate of drug-likeness (QED) is 0.847. The fraction of sp³-hybridized carbons (Fsp3) is 0.786. The molecule has 118 valence electrons. The van der Waals surface area contributed by atoms with Crippen LogP contribution in [0.2, 0.25) is 0 Å². The number of nitrogens with zero attached hydrogens (tertiary/aromatic N) is 4. The first-order valence-corrected chi connectivity index (χ1v) is 7.59. The number of aliphatic hydroxyl groups excluding tert-OH is 1. The van der Waals surface area contributed by atoms with Gasteiger partial charge in [0.05, 0.1) is 12.2 Å². The van der Waals surface area contributed by atoms with Crippen LogP contribution in [0.3, 0.4) is 0 Å². The number of anilines is 2. The van der Waals surface area contributed by atoms with Crippen LogP contribution < -0.4 is 15.0 Å². The van der Waals surface area contributed by atoms with Gasteiger partial charge < -0.3 is 20.1 Å². The minimum atomic E-state index is -0.354. The van der Waals surface area contributed by atoms with Gasteiger partial charge in [-0.25, -0.2) is 0 Å². The molecule has 0 spiro atoms. The first kappa shape index (κ1) is 15.8. The monoisotopic (exact) mass is 295 g/mol. The van der Waals surface area contributed by atoms with Crippen molar-refractivity contribution in [1.82, 2.24) is 15.0 Å². The Kier molecular flexibility index (Phi) is 5.17. The summed E-state index contributed by atoms with van der Waals surface area (Å²) in [7, 11) is 0. The Bertz CT molecular complexity index is 469. The number of β-amino-alcohol motifs (C(OH)–C–C–N with tert-alkyl or cyclic N) is 1. The predicted molar refractivity (Wildman–Crippen MR) is 81.8 cm³/mol. The molecule has 1 aliphatic heterocycles. The van der Waals surface area contributed by atoms with E-state index in [-0.39, 0.29) is 12.2 Å². The zero-order valence-corrected chi connectivity index (χ0v) is 13.2. The zero-order valence-electron chi connectivity index (χ0n) is 13.2. The smallest absolute Gasteiger partial charge is 0.323 e. The van der Waals surface area contributed by atoms with Crippen LogP contribution in [0.15, 0.2) is 0 Å². The average molecular weight is 295 g/mol. The molecule has 21 heavy (non-hydrogen) atoms. The third-order valence-electron chi connectivity index (χ3n) is 3.48. The minimum absolute atomic E-state index is 0.00157. The third kappa shape index (κ3) is 4.17. The van der Waals surface area contributed by atoms with E-state index in [9.17, 15) is 5.11 Å². The molecule has 7 heteroatoms. The summed E-state index contributed by atoms with van der Waals surface area (Å²) in [5, 5.41) is 13.1. The van der Waals surface area contributed by atoms with Gasteiger partial charge in [-0.2, -0.15) is 15.0 Å². The Morgan fingerprint density at radius 2 is 2.14 bits per heavy atom. The molecule has 0 saturated carbocycles. The molecule has 1 saturated heterocycles. The van der Waals surface area contributed by atoms with Gasteiger partial charge in [0.25, 0.3) is 0 Å². The molecule has 2 unspecified atom stereocenters. The SMILES string of the molecule is CCNc1nc(OC(C)C)nc(N2CCC(C)C(O)C2)n1. The highest BCUT2D eigenvalue weighted by Gasteiger charge is 2.26. The molecule has 1 aromatic heterocycles. The Morgan fingerprint density at radius 3 is 2.76 bits per heavy atom. The van der Waals surface area contributed by atoms with Crippen molar-refractivity contribution in [2.24, 2.45) is 5.92 Å². The van der Waals surface area contributed by atoms with E-state index in [4.69, 9.17) is 4.74 Å². The van der Waals surface area contributed by atoms with Crippen LogP contribution in [0.4, 0.5) is 11.9 Å². The molecule has 1 aromatic rings. The molecule has 0 aliphatic carbocycles. The summed E-state index contributed by atoms with van der Waals surface area (Å²) in [6.45, 7) is 10.0. The van der Waals surface area contributed by atoms with E-state index in [0.717, 1.165) is 19.5 Å². The van der Waals surface area contributed by atoms with E-state index in [0.29, 0.717) is 30.4 Å². The first-order chi connectivity index (χ1) is 9.99. The second-order valence-electron chi connectivity index (χ2n) is 5.72. The molecular weight excluding hydrogens is 270 g/mol. The topological polar surface area (TPSA) is 83.4 Å². The summed E-state index contributed by atoms with van der Waals surface area (Å²) in [6.07, 6.45) is 0.568. The lowest BCUT2D eigenvalue weighted by atomic mass is 9.96. The van der Waals surface area contributed by atoms with E-state index in [1.54, 1.807) is 0 Å². The molecular formula is C14H25N5O2. The maximum absolute atomic E-state index is 10.0. The highest BCUT2D eigenvalue weighted by atomic mass is 16.5. The summed E-state index contributed by atoms with van der Waals surface area (Å²) >= 11 is 0. The van der Waals surface area contributed by atoms with Crippen LogP contribution >= 0.6 is 0 Å². The standard InChI is InChI=1S/C14H25N5O2/c1-5-15-12-16-13(18-14(17-12)21-9(2)3)19-7-6-10(4)11(20)8-19/h9-11,20H,5-8H2,1-4H3,(H,15,16,17,18). The maximum atomic E-state index is 10.0. The van der Waals surface area contributed by atoms with Crippen molar-refractivity contribution in [2.45, 2.75) is 46.3 Å². The minimum Gasteiger partial charge on any atom is -0.461 e. The molecule has 0 amide bonds. The first-order valence-electron chi connectivity index (χ1n) is 7.59. The highest BCUT2D eigenvalue weighted by molar-refractivity contribution is 5.39. The lowest BCUT2D eigenvalue weighted by Gasteiger charge is -2.34. The number of nitrogens with one attached hydrogen (secondary N) is 1. The van der Waals surface area contributed by atoms with Gasteiger partial charge in [0, 0.05) is 19.6 Å². The van der Waals surface area contributed by atoms with Gasteiger partial charge >= 0.3 is 6.01 Å². The Balaban J connectivity index is 2.22. The molecule has 1 aliphatic rings. The number of hydrogen-bond acceptors (Lipinski definition) is 7. The van der Waals surface area contributed by atoms with Crippen LogP contribution in [0.1, 0.15) is 34.1 Å². The lowest BCUT2D eigenvalue weighted by molar-refractivity contribution is 0.102. The number of aromatic nitrogens is 3. The van der Waals surface area contributed by atoms with Gasteiger partial charge in [-0.05, 0) is 33.1 Å². The van der Waals surface area contributed by atoms with Gasteiger partial charge in [-0.3, -0.25) is 0 Å². The summed E-state index contributed by atoms with van der Waals surface area (Å²) in [5.74, 6) is 1.37. The zero-order chi connectivity index (χ0) is 15.4.